The van der Waals surface area contributed by atoms with Gasteiger partial charge in [-0.15, -0.1) is 11.8 Å². The molecule has 0 radical (unpaired) electrons. The summed E-state index contributed by atoms with van der Waals surface area (Å²) in [5.74, 6) is 4.71. The van der Waals surface area contributed by atoms with Gasteiger partial charge in [0.2, 0.25) is 0 Å². The second-order valence-electron chi connectivity index (χ2n) is 4.82. The van der Waals surface area contributed by atoms with Gasteiger partial charge >= 0.3 is 5.97 Å². The van der Waals surface area contributed by atoms with Gasteiger partial charge in [0.1, 0.15) is 10.7 Å². The lowest BCUT2D eigenvalue weighted by Gasteiger charge is -2.10. The van der Waals surface area contributed by atoms with Crippen molar-refractivity contribution in [2.75, 3.05) is 0 Å². The molecule has 0 spiro atoms. The van der Waals surface area contributed by atoms with E-state index in [1.165, 1.54) is 22.9 Å². The number of rotatable bonds is 6. The Balaban J connectivity index is 2.02. The first-order valence-electron chi connectivity index (χ1n) is 6.90. The molecule has 5 nitrogen and oxygen atoms in total. The molecule has 6 heteroatoms. The second kappa shape index (κ2) is 7.72. The molecule has 0 aromatic heterocycles. The van der Waals surface area contributed by atoms with Crippen LogP contribution in [0.2, 0.25) is 0 Å². The van der Waals surface area contributed by atoms with Gasteiger partial charge in [-0.1, -0.05) is 42.5 Å². The number of thioether (sulfide) groups is 1. The number of hydrogen-bond donors (Lipinski definition) is 4. The maximum atomic E-state index is 10.8. The van der Waals surface area contributed by atoms with Crippen molar-refractivity contribution < 1.29 is 9.90 Å². The molecule has 6 N–H and O–H groups in total. The monoisotopic (exact) mass is 317 g/mol. The van der Waals surface area contributed by atoms with Crippen LogP contribution >= 0.6 is 11.8 Å². The van der Waals surface area contributed by atoms with Crippen LogP contribution in [0.5, 0.6) is 0 Å². The van der Waals surface area contributed by atoms with E-state index in [9.17, 15) is 4.79 Å². The van der Waals surface area contributed by atoms with Crippen LogP contribution in [-0.4, -0.2) is 11.1 Å². The zero-order chi connectivity index (χ0) is 15.9. The van der Waals surface area contributed by atoms with Crippen LogP contribution in [0.25, 0.3) is 5.57 Å². The molecular formula is C16H19N3O2S. The Hall–Kier alpha value is -2.18. The normalized spacial score (nSPS) is 15.0. The number of hydrazine groups is 1. The van der Waals surface area contributed by atoms with E-state index in [1.54, 1.807) is 0 Å². The van der Waals surface area contributed by atoms with Crippen LogP contribution < -0.4 is 17.0 Å². The lowest BCUT2D eigenvalue weighted by molar-refractivity contribution is -0.132. The lowest BCUT2D eigenvalue weighted by Crippen LogP contribution is -2.26. The Labute approximate surface area is 133 Å². The Kier molecular flexibility index (Phi) is 5.68. The second-order valence-corrected chi connectivity index (χ2v) is 5.80. The molecule has 116 valence electrons. The third kappa shape index (κ3) is 4.16. The summed E-state index contributed by atoms with van der Waals surface area (Å²) in [5.41, 5.74) is 11.0. The van der Waals surface area contributed by atoms with Gasteiger partial charge in [-0.05, 0) is 29.5 Å². The molecule has 0 aliphatic heterocycles. The van der Waals surface area contributed by atoms with Crippen LogP contribution in [0.4, 0.5) is 0 Å². The molecule has 0 amide bonds. The Morgan fingerprint density at radius 1 is 1.27 bits per heavy atom. The van der Waals surface area contributed by atoms with Crippen molar-refractivity contribution in [2.45, 2.75) is 18.6 Å². The van der Waals surface area contributed by atoms with E-state index in [1.807, 2.05) is 12.1 Å². The molecular weight excluding hydrogens is 298 g/mol. The molecule has 2 rings (SSSR count). The van der Waals surface area contributed by atoms with Crippen molar-refractivity contribution in [3.63, 3.8) is 0 Å². The summed E-state index contributed by atoms with van der Waals surface area (Å²) in [4.78, 5) is 10.8. The topological polar surface area (TPSA) is 101 Å². The van der Waals surface area contributed by atoms with Crippen molar-refractivity contribution in [1.29, 1.82) is 0 Å². The number of benzene rings is 1. The molecule has 0 atom stereocenters. The summed E-state index contributed by atoms with van der Waals surface area (Å²) in [6.45, 7) is 0. The van der Waals surface area contributed by atoms with Crippen molar-refractivity contribution in [2.24, 2.45) is 11.6 Å². The zero-order valence-electron chi connectivity index (χ0n) is 12.1. The quantitative estimate of drug-likeness (QED) is 0.365. The summed E-state index contributed by atoms with van der Waals surface area (Å²) in [6.07, 6.45) is 8.73. The third-order valence-corrected chi connectivity index (χ3v) is 4.38. The smallest absolute Gasteiger partial charge is 0.354 e. The summed E-state index contributed by atoms with van der Waals surface area (Å²) in [5, 5.41) is 9.12. The van der Waals surface area contributed by atoms with E-state index in [0.29, 0.717) is 5.75 Å². The Morgan fingerprint density at radius 2 is 2.00 bits per heavy atom. The first kappa shape index (κ1) is 16.2. The average Bonchev–Trinajstić information content (AvgIpc) is 2.56. The maximum Gasteiger partial charge on any atom is 0.354 e. The van der Waals surface area contributed by atoms with E-state index in [0.717, 1.165) is 18.4 Å². The fourth-order valence-corrected chi connectivity index (χ4v) is 2.90. The molecule has 0 saturated carbocycles. The number of hydrogen-bond acceptors (Lipinski definition) is 5. The molecule has 0 fully saturated rings. The van der Waals surface area contributed by atoms with Gasteiger partial charge in [0.05, 0.1) is 0 Å². The first-order valence-corrected chi connectivity index (χ1v) is 7.89. The number of carboxylic acids is 1. The lowest BCUT2D eigenvalue weighted by atomic mass is 9.99. The van der Waals surface area contributed by atoms with Gasteiger partial charge in [0.15, 0.2) is 0 Å². The highest BCUT2D eigenvalue weighted by molar-refractivity contribution is 8.02. The predicted molar refractivity (Wildman–Crippen MR) is 90.3 cm³/mol. The van der Waals surface area contributed by atoms with Crippen LogP contribution in [0.15, 0.2) is 53.2 Å². The molecule has 1 aromatic rings. The van der Waals surface area contributed by atoms with Crippen molar-refractivity contribution >= 4 is 23.3 Å². The highest BCUT2D eigenvalue weighted by Crippen LogP contribution is 2.24. The maximum absolute atomic E-state index is 10.8. The standard InChI is InChI=1S/C16H19N3O2S/c17-14(16(20)21)15(19-18)22-10-11-6-8-13(9-7-11)12-4-2-1-3-5-12/h2,4-9,19H,1,3,10,17-18H2,(H,20,21)/b15-14+. The van der Waals surface area contributed by atoms with E-state index < -0.39 is 5.97 Å². The van der Waals surface area contributed by atoms with Crippen molar-refractivity contribution in [3.8, 4) is 0 Å². The van der Waals surface area contributed by atoms with Gasteiger partial charge < -0.3 is 16.3 Å². The third-order valence-electron chi connectivity index (χ3n) is 3.27. The largest absolute Gasteiger partial charge is 0.477 e. The fourth-order valence-electron chi connectivity index (χ4n) is 2.07. The van der Waals surface area contributed by atoms with E-state index in [2.05, 4.69) is 35.8 Å². The summed E-state index contributed by atoms with van der Waals surface area (Å²) in [7, 11) is 0. The average molecular weight is 317 g/mol. The highest BCUT2D eigenvalue weighted by atomic mass is 32.2. The van der Waals surface area contributed by atoms with E-state index in [4.69, 9.17) is 16.7 Å². The SMILES string of the molecule is NN/C(SCc1ccc(C2=CCCC=C2)cc1)=C(\N)C(=O)O. The first-order chi connectivity index (χ1) is 10.6. The van der Waals surface area contributed by atoms with Crippen molar-refractivity contribution in [3.05, 3.63) is 64.3 Å². The number of allylic oxidation sites excluding steroid dienone is 4. The fraction of sp³-hybridized carbons (Fsp3) is 0.188. The van der Waals surface area contributed by atoms with Gasteiger partial charge in [-0.3, -0.25) is 0 Å². The van der Waals surface area contributed by atoms with Gasteiger partial charge in [0, 0.05) is 5.75 Å². The number of carboxylic acid groups (broad SMARTS) is 1. The van der Waals surface area contributed by atoms with Crippen LogP contribution in [0.1, 0.15) is 24.0 Å². The van der Waals surface area contributed by atoms with E-state index >= 15 is 0 Å². The molecule has 0 bridgehead atoms. The van der Waals surface area contributed by atoms with Crippen LogP contribution in [0, 0.1) is 0 Å². The van der Waals surface area contributed by atoms with Gasteiger partial charge in [0.25, 0.3) is 0 Å². The molecule has 0 heterocycles. The molecule has 0 saturated heterocycles. The Morgan fingerprint density at radius 3 is 2.55 bits per heavy atom. The van der Waals surface area contributed by atoms with Crippen LogP contribution in [0.3, 0.4) is 0 Å². The number of carbonyl (C=O) groups is 1. The zero-order valence-corrected chi connectivity index (χ0v) is 12.9. The molecule has 1 aromatic carbocycles. The van der Waals surface area contributed by atoms with Gasteiger partial charge in [-0.25, -0.2) is 10.6 Å². The van der Waals surface area contributed by atoms with E-state index in [-0.39, 0.29) is 10.7 Å². The minimum Gasteiger partial charge on any atom is -0.477 e. The minimum atomic E-state index is -1.19. The molecule has 0 unspecified atom stereocenters. The molecule has 1 aliphatic rings. The number of nitrogens with one attached hydrogen (secondary N) is 1. The predicted octanol–water partition coefficient (Wildman–Crippen LogP) is 2.33. The summed E-state index contributed by atoms with van der Waals surface area (Å²) in [6, 6.07) is 8.18. The van der Waals surface area contributed by atoms with Crippen molar-refractivity contribution in [1.82, 2.24) is 5.43 Å². The van der Waals surface area contributed by atoms with Crippen LogP contribution in [-0.2, 0) is 10.5 Å². The highest BCUT2D eigenvalue weighted by Gasteiger charge is 2.10. The van der Waals surface area contributed by atoms with Gasteiger partial charge in [-0.2, -0.15) is 0 Å². The molecule has 1 aliphatic carbocycles. The number of nitrogens with two attached hydrogens (primary N) is 2. The molecule has 22 heavy (non-hydrogen) atoms. The summed E-state index contributed by atoms with van der Waals surface area (Å²) >= 11 is 1.26. The summed E-state index contributed by atoms with van der Waals surface area (Å²) < 4.78 is 0. The number of aliphatic carboxylic acids is 1. The minimum absolute atomic E-state index is 0.259. The Bertz CT molecular complexity index is 633.